The van der Waals surface area contributed by atoms with Crippen molar-refractivity contribution in [3.8, 4) is 0 Å². The Morgan fingerprint density at radius 1 is 1.46 bits per heavy atom. The standard InChI is InChI=1S/C9H12N2O2/c1-7(12)6-9(13)11-5-3-2-4-8(11)10/h2-5,8H,6,10H2,1H3. The summed E-state index contributed by atoms with van der Waals surface area (Å²) in [6, 6.07) is 0. The minimum Gasteiger partial charge on any atom is -0.308 e. The highest BCUT2D eigenvalue weighted by Crippen LogP contribution is 2.05. The Kier molecular flexibility index (Phi) is 2.97. The molecular weight excluding hydrogens is 168 g/mol. The van der Waals surface area contributed by atoms with Gasteiger partial charge in [-0.2, -0.15) is 0 Å². The van der Waals surface area contributed by atoms with E-state index in [2.05, 4.69) is 0 Å². The van der Waals surface area contributed by atoms with Gasteiger partial charge in [0.05, 0.1) is 6.42 Å². The van der Waals surface area contributed by atoms with E-state index in [4.69, 9.17) is 5.73 Å². The van der Waals surface area contributed by atoms with Gasteiger partial charge in [-0.3, -0.25) is 14.5 Å². The van der Waals surface area contributed by atoms with Crippen LogP contribution in [0.2, 0.25) is 0 Å². The Hall–Kier alpha value is -1.42. The van der Waals surface area contributed by atoms with E-state index in [0.29, 0.717) is 0 Å². The molecule has 0 saturated heterocycles. The second-order valence-electron chi connectivity index (χ2n) is 2.90. The molecule has 70 valence electrons. The first-order valence-electron chi connectivity index (χ1n) is 4.02. The van der Waals surface area contributed by atoms with Crippen molar-refractivity contribution in [3.05, 3.63) is 24.4 Å². The van der Waals surface area contributed by atoms with Crippen LogP contribution in [-0.2, 0) is 9.59 Å². The van der Waals surface area contributed by atoms with Gasteiger partial charge in [-0.25, -0.2) is 0 Å². The van der Waals surface area contributed by atoms with Gasteiger partial charge in [-0.15, -0.1) is 0 Å². The number of nitrogens with zero attached hydrogens (tertiary/aromatic N) is 1. The van der Waals surface area contributed by atoms with E-state index in [1.54, 1.807) is 24.4 Å². The van der Waals surface area contributed by atoms with Gasteiger partial charge < -0.3 is 5.73 Å². The monoisotopic (exact) mass is 180 g/mol. The summed E-state index contributed by atoms with van der Waals surface area (Å²) in [6.45, 7) is 1.38. The molecule has 2 N–H and O–H groups in total. The number of rotatable bonds is 2. The molecule has 1 unspecified atom stereocenters. The van der Waals surface area contributed by atoms with Crippen molar-refractivity contribution in [3.63, 3.8) is 0 Å². The number of hydrogen-bond donors (Lipinski definition) is 1. The molecule has 1 atom stereocenters. The first kappa shape index (κ1) is 9.67. The molecule has 0 aromatic heterocycles. The minimum atomic E-state index is -0.447. The van der Waals surface area contributed by atoms with Gasteiger partial charge in [0.15, 0.2) is 0 Å². The van der Waals surface area contributed by atoms with E-state index in [-0.39, 0.29) is 18.1 Å². The van der Waals surface area contributed by atoms with Crippen molar-refractivity contribution in [2.75, 3.05) is 0 Å². The van der Waals surface area contributed by atoms with E-state index in [1.165, 1.54) is 11.8 Å². The number of Topliss-reactive ketones (excluding diaryl/α,β-unsaturated/α-hetero) is 1. The first-order chi connectivity index (χ1) is 6.11. The Morgan fingerprint density at radius 2 is 2.15 bits per heavy atom. The third kappa shape index (κ3) is 2.52. The molecule has 1 amide bonds. The number of carbonyl (C=O) groups excluding carboxylic acids is 2. The number of amides is 1. The Labute approximate surface area is 76.7 Å². The highest BCUT2D eigenvalue weighted by Gasteiger charge is 2.18. The van der Waals surface area contributed by atoms with Gasteiger partial charge >= 0.3 is 0 Å². The van der Waals surface area contributed by atoms with Crippen LogP contribution in [0, 0.1) is 0 Å². The molecule has 0 aromatic carbocycles. The summed E-state index contributed by atoms with van der Waals surface area (Å²) in [6.07, 6.45) is 6.21. The molecule has 13 heavy (non-hydrogen) atoms. The first-order valence-corrected chi connectivity index (χ1v) is 4.02. The fourth-order valence-electron chi connectivity index (χ4n) is 1.07. The zero-order valence-corrected chi connectivity index (χ0v) is 7.43. The van der Waals surface area contributed by atoms with E-state index in [0.717, 1.165) is 0 Å². The predicted octanol–water partition coefficient (Wildman–Crippen LogP) is 0.162. The van der Waals surface area contributed by atoms with E-state index in [9.17, 15) is 9.59 Å². The van der Waals surface area contributed by atoms with Gasteiger partial charge in [0.2, 0.25) is 5.91 Å². The summed E-state index contributed by atoms with van der Waals surface area (Å²) < 4.78 is 0. The van der Waals surface area contributed by atoms with Crippen LogP contribution in [-0.4, -0.2) is 22.8 Å². The summed E-state index contributed by atoms with van der Waals surface area (Å²) in [5.41, 5.74) is 5.61. The fraction of sp³-hybridized carbons (Fsp3) is 0.333. The van der Waals surface area contributed by atoms with Crippen LogP contribution in [0.25, 0.3) is 0 Å². The normalized spacial score (nSPS) is 20.5. The molecule has 4 heteroatoms. The van der Waals surface area contributed by atoms with Gasteiger partial charge in [0, 0.05) is 6.20 Å². The van der Waals surface area contributed by atoms with Crippen molar-refractivity contribution < 1.29 is 9.59 Å². The third-order valence-electron chi connectivity index (χ3n) is 1.68. The fourth-order valence-corrected chi connectivity index (χ4v) is 1.07. The minimum absolute atomic E-state index is 0.0914. The van der Waals surface area contributed by atoms with Crippen LogP contribution in [0.3, 0.4) is 0 Å². The lowest BCUT2D eigenvalue weighted by Crippen LogP contribution is -2.42. The lowest BCUT2D eigenvalue weighted by atomic mass is 10.2. The quantitative estimate of drug-likeness (QED) is 0.616. The Bertz CT molecular complexity index is 281. The molecule has 4 nitrogen and oxygen atoms in total. The molecule has 1 rings (SSSR count). The molecule has 1 heterocycles. The maximum Gasteiger partial charge on any atom is 0.235 e. The lowest BCUT2D eigenvalue weighted by molar-refractivity contribution is -0.133. The maximum absolute atomic E-state index is 11.4. The molecule has 0 bridgehead atoms. The van der Waals surface area contributed by atoms with E-state index in [1.807, 2.05) is 0 Å². The smallest absolute Gasteiger partial charge is 0.235 e. The lowest BCUT2D eigenvalue weighted by Gasteiger charge is -2.24. The van der Waals surface area contributed by atoms with Gasteiger partial charge in [-0.05, 0) is 19.1 Å². The summed E-state index contributed by atoms with van der Waals surface area (Å²) in [7, 11) is 0. The molecule has 0 saturated carbocycles. The van der Waals surface area contributed by atoms with Crippen LogP contribution in [0.15, 0.2) is 24.4 Å². The molecular formula is C9H12N2O2. The molecule has 0 aromatic rings. The second-order valence-corrected chi connectivity index (χ2v) is 2.90. The molecule has 1 aliphatic heterocycles. The average Bonchev–Trinajstić information content (AvgIpc) is 2.03. The van der Waals surface area contributed by atoms with Gasteiger partial charge in [-0.1, -0.05) is 6.08 Å². The Morgan fingerprint density at radius 3 is 2.69 bits per heavy atom. The highest BCUT2D eigenvalue weighted by atomic mass is 16.2. The topological polar surface area (TPSA) is 63.4 Å². The van der Waals surface area contributed by atoms with Crippen LogP contribution >= 0.6 is 0 Å². The van der Waals surface area contributed by atoms with E-state index < -0.39 is 6.17 Å². The molecule has 1 aliphatic rings. The van der Waals surface area contributed by atoms with Crippen molar-refractivity contribution in [1.29, 1.82) is 0 Å². The van der Waals surface area contributed by atoms with Crippen LogP contribution in [0.4, 0.5) is 0 Å². The molecule has 0 radical (unpaired) electrons. The van der Waals surface area contributed by atoms with Crippen molar-refractivity contribution >= 4 is 11.7 Å². The van der Waals surface area contributed by atoms with Crippen molar-refractivity contribution in [1.82, 2.24) is 4.90 Å². The second kappa shape index (κ2) is 4.00. The Balaban J connectivity index is 2.61. The number of carbonyl (C=O) groups is 2. The summed E-state index contributed by atoms with van der Waals surface area (Å²) in [5.74, 6) is -0.416. The highest BCUT2D eigenvalue weighted by molar-refractivity contribution is 5.97. The maximum atomic E-state index is 11.4. The van der Waals surface area contributed by atoms with Crippen LogP contribution < -0.4 is 5.73 Å². The summed E-state index contributed by atoms with van der Waals surface area (Å²) in [5, 5.41) is 0. The SMILES string of the molecule is CC(=O)CC(=O)N1C=CC=CC1N. The van der Waals surface area contributed by atoms with Gasteiger partial charge in [0.1, 0.15) is 11.9 Å². The molecule has 0 fully saturated rings. The summed E-state index contributed by atoms with van der Waals surface area (Å²) >= 11 is 0. The number of allylic oxidation sites excluding steroid dienone is 2. The zero-order valence-electron chi connectivity index (χ0n) is 7.43. The zero-order chi connectivity index (χ0) is 9.84. The molecule has 0 spiro atoms. The number of ketones is 1. The van der Waals surface area contributed by atoms with Gasteiger partial charge in [0.25, 0.3) is 0 Å². The third-order valence-corrected chi connectivity index (χ3v) is 1.68. The number of nitrogens with two attached hydrogens (primary N) is 1. The predicted molar refractivity (Wildman–Crippen MR) is 48.4 cm³/mol. The van der Waals surface area contributed by atoms with Crippen LogP contribution in [0.1, 0.15) is 13.3 Å². The van der Waals surface area contributed by atoms with Crippen molar-refractivity contribution in [2.45, 2.75) is 19.5 Å². The van der Waals surface area contributed by atoms with Crippen molar-refractivity contribution in [2.24, 2.45) is 5.73 Å². The van der Waals surface area contributed by atoms with Crippen LogP contribution in [0.5, 0.6) is 0 Å². The summed E-state index contributed by atoms with van der Waals surface area (Å²) in [4.78, 5) is 23.4. The largest absolute Gasteiger partial charge is 0.308 e. The van der Waals surface area contributed by atoms with E-state index >= 15 is 0 Å². The number of hydrogen-bond acceptors (Lipinski definition) is 3. The molecule has 0 aliphatic carbocycles. The average molecular weight is 180 g/mol.